The third-order valence-corrected chi connectivity index (χ3v) is 7.32. The lowest BCUT2D eigenvalue weighted by Crippen LogP contribution is -2.44. The van der Waals surface area contributed by atoms with Crippen LogP contribution in [-0.2, 0) is 28.3 Å². The van der Waals surface area contributed by atoms with Gasteiger partial charge in [-0.3, -0.25) is 4.79 Å². The molecule has 1 atom stereocenters. The number of rotatable bonds is 1. The number of benzene rings is 1. The number of carbonyl (C=O) groups is 1. The molecule has 2 aliphatic heterocycles. The minimum atomic E-state index is -1.81. The fourth-order valence-corrected chi connectivity index (χ4v) is 5.36. The van der Waals surface area contributed by atoms with E-state index < -0.39 is 11.6 Å². The predicted molar refractivity (Wildman–Crippen MR) is 123 cm³/mol. The van der Waals surface area contributed by atoms with E-state index in [2.05, 4.69) is 17.9 Å². The van der Waals surface area contributed by atoms with Crippen molar-refractivity contribution in [2.75, 3.05) is 0 Å². The van der Waals surface area contributed by atoms with Gasteiger partial charge in [-0.2, -0.15) is 0 Å². The van der Waals surface area contributed by atoms with E-state index in [1.54, 1.807) is 17.6 Å². The SMILES string of the molecule is CC[C@@]1(O)C(=O)OCc2c1cc1n(c2=O)Cc2cc3c(C#CC4CCCC4)cccc3nc2-1. The third-order valence-electron chi connectivity index (χ3n) is 7.32. The average molecular weight is 440 g/mol. The lowest BCUT2D eigenvalue weighted by molar-refractivity contribution is -0.172. The minimum absolute atomic E-state index is 0.123. The van der Waals surface area contributed by atoms with E-state index in [0.717, 1.165) is 22.0 Å². The Morgan fingerprint density at radius 1 is 1.24 bits per heavy atom. The van der Waals surface area contributed by atoms with Crippen molar-refractivity contribution in [3.05, 3.63) is 62.9 Å². The van der Waals surface area contributed by atoms with Gasteiger partial charge in [-0.05, 0) is 43.5 Å². The highest BCUT2D eigenvalue weighted by Gasteiger charge is 2.45. The molecule has 1 aromatic carbocycles. The predicted octanol–water partition coefficient (Wildman–Crippen LogP) is 3.62. The second-order valence-corrected chi connectivity index (χ2v) is 9.22. The van der Waals surface area contributed by atoms with Gasteiger partial charge in [0.05, 0.1) is 29.0 Å². The lowest BCUT2D eigenvalue weighted by atomic mass is 9.86. The quantitative estimate of drug-likeness (QED) is 0.361. The number of esters is 1. The summed E-state index contributed by atoms with van der Waals surface area (Å²) in [6, 6.07) is 9.76. The molecule has 0 unspecified atom stereocenters. The van der Waals surface area contributed by atoms with Gasteiger partial charge in [0.1, 0.15) is 6.61 Å². The van der Waals surface area contributed by atoms with Gasteiger partial charge in [-0.25, -0.2) is 9.78 Å². The normalized spacial score (nSPS) is 21.2. The first-order chi connectivity index (χ1) is 16.0. The van der Waals surface area contributed by atoms with Gasteiger partial charge in [0.25, 0.3) is 5.56 Å². The van der Waals surface area contributed by atoms with Gasteiger partial charge < -0.3 is 14.4 Å². The molecule has 6 nitrogen and oxygen atoms in total. The van der Waals surface area contributed by atoms with Crippen LogP contribution in [0, 0.1) is 17.8 Å². The van der Waals surface area contributed by atoms with Crippen LogP contribution in [0.4, 0.5) is 0 Å². The van der Waals surface area contributed by atoms with E-state index in [-0.39, 0.29) is 18.6 Å². The summed E-state index contributed by atoms with van der Waals surface area (Å²) in [6.07, 6.45) is 4.98. The molecule has 1 saturated carbocycles. The average Bonchev–Trinajstić information content (AvgIpc) is 3.47. The number of hydrogen-bond donors (Lipinski definition) is 1. The van der Waals surface area contributed by atoms with Gasteiger partial charge in [-0.1, -0.05) is 37.7 Å². The van der Waals surface area contributed by atoms with E-state index in [1.807, 2.05) is 18.2 Å². The lowest BCUT2D eigenvalue weighted by Gasteiger charge is -2.31. The summed E-state index contributed by atoms with van der Waals surface area (Å²) in [5.74, 6) is 6.57. The Morgan fingerprint density at radius 3 is 2.85 bits per heavy atom. The summed E-state index contributed by atoms with van der Waals surface area (Å²) >= 11 is 0. The largest absolute Gasteiger partial charge is 0.458 e. The Labute approximate surface area is 191 Å². The molecule has 3 aromatic rings. The van der Waals surface area contributed by atoms with Crippen molar-refractivity contribution in [1.29, 1.82) is 0 Å². The molecule has 33 heavy (non-hydrogen) atoms. The zero-order valence-corrected chi connectivity index (χ0v) is 18.5. The number of aliphatic hydroxyl groups is 1. The highest BCUT2D eigenvalue weighted by molar-refractivity contribution is 5.89. The summed E-state index contributed by atoms with van der Waals surface area (Å²) in [7, 11) is 0. The zero-order chi connectivity index (χ0) is 22.7. The monoisotopic (exact) mass is 440 g/mol. The van der Waals surface area contributed by atoms with Gasteiger partial charge in [0, 0.05) is 28.0 Å². The Balaban J connectivity index is 1.50. The number of aromatic nitrogens is 2. The molecule has 6 heteroatoms. The molecular weight excluding hydrogens is 416 g/mol. The second-order valence-electron chi connectivity index (χ2n) is 9.22. The summed E-state index contributed by atoms with van der Waals surface area (Å²) in [4.78, 5) is 30.5. The van der Waals surface area contributed by atoms with Crippen LogP contribution in [0.2, 0.25) is 0 Å². The van der Waals surface area contributed by atoms with Crippen molar-refractivity contribution in [2.24, 2.45) is 5.92 Å². The summed E-state index contributed by atoms with van der Waals surface area (Å²) in [5, 5.41) is 12.0. The molecular formula is C27H24N2O4. The van der Waals surface area contributed by atoms with Gasteiger partial charge in [0.15, 0.2) is 5.60 Å². The van der Waals surface area contributed by atoms with Crippen molar-refractivity contribution in [3.63, 3.8) is 0 Å². The maximum absolute atomic E-state index is 13.3. The minimum Gasteiger partial charge on any atom is -0.458 e. The van der Waals surface area contributed by atoms with Crippen LogP contribution < -0.4 is 5.56 Å². The number of nitrogens with zero attached hydrogens (tertiary/aromatic N) is 2. The van der Waals surface area contributed by atoms with Gasteiger partial charge in [-0.15, -0.1) is 0 Å². The summed E-state index contributed by atoms with van der Waals surface area (Å²) < 4.78 is 6.80. The number of fused-ring (bicyclic) bond motifs is 5. The molecule has 3 aliphatic rings. The maximum atomic E-state index is 13.3. The van der Waals surface area contributed by atoms with Crippen LogP contribution in [-0.4, -0.2) is 20.6 Å². The van der Waals surface area contributed by atoms with Crippen LogP contribution in [0.1, 0.15) is 61.3 Å². The van der Waals surface area contributed by atoms with Crippen molar-refractivity contribution < 1.29 is 14.6 Å². The number of cyclic esters (lactones) is 1. The van der Waals surface area contributed by atoms with Gasteiger partial charge in [0.2, 0.25) is 0 Å². The van der Waals surface area contributed by atoms with E-state index in [4.69, 9.17) is 9.72 Å². The third kappa shape index (κ3) is 2.96. The fraction of sp³-hybridized carbons (Fsp3) is 0.370. The maximum Gasteiger partial charge on any atom is 0.343 e. The number of ether oxygens (including phenoxy) is 1. The number of carbonyl (C=O) groups excluding carboxylic acids is 1. The van der Waals surface area contributed by atoms with Crippen molar-refractivity contribution in [3.8, 4) is 23.2 Å². The smallest absolute Gasteiger partial charge is 0.343 e. The van der Waals surface area contributed by atoms with E-state index in [1.165, 1.54) is 25.7 Å². The molecule has 1 fully saturated rings. The summed E-state index contributed by atoms with van der Waals surface area (Å²) in [5.41, 5.74) is 2.65. The fourth-order valence-electron chi connectivity index (χ4n) is 5.36. The first kappa shape index (κ1) is 20.2. The van der Waals surface area contributed by atoms with Crippen LogP contribution in [0.3, 0.4) is 0 Å². The number of pyridine rings is 2. The highest BCUT2D eigenvalue weighted by atomic mass is 16.6. The van der Waals surface area contributed by atoms with Crippen LogP contribution >= 0.6 is 0 Å². The van der Waals surface area contributed by atoms with E-state index in [0.29, 0.717) is 35.0 Å². The van der Waals surface area contributed by atoms with Gasteiger partial charge >= 0.3 is 5.97 Å². The molecule has 0 bridgehead atoms. The zero-order valence-electron chi connectivity index (χ0n) is 18.5. The Hall–Kier alpha value is -3.43. The molecule has 0 saturated heterocycles. The topological polar surface area (TPSA) is 81.4 Å². The van der Waals surface area contributed by atoms with Crippen molar-refractivity contribution in [2.45, 2.75) is 57.8 Å². The molecule has 0 amide bonds. The van der Waals surface area contributed by atoms with Crippen molar-refractivity contribution >= 4 is 16.9 Å². The summed E-state index contributed by atoms with van der Waals surface area (Å²) in [6.45, 7) is 1.97. The molecule has 0 radical (unpaired) electrons. The molecule has 1 aliphatic carbocycles. The standard InChI is InChI=1S/C27H24N2O4/c1-2-27(32)21-13-23-24-18(14-29(23)25(30)20(21)15-33-26(27)31)12-19-17(8-5-9-22(19)28-24)11-10-16-6-3-4-7-16/h5,8-9,12-13,16,32H,2-4,6-7,14-15H2,1H3/t27-/m0/s1. The van der Waals surface area contributed by atoms with Crippen LogP contribution in [0.5, 0.6) is 0 Å². The Bertz CT molecular complexity index is 1450. The van der Waals surface area contributed by atoms with Crippen LogP contribution in [0.15, 0.2) is 35.1 Å². The molecule has 6 rings (SSSR count). The first-order valence-electron chi connectivity index (χ1n) is 11.6. The first-order valence-corrected chi connectivity index (χ1v) is 11.6. The Kier molecular flexibility index (Phi) is 4.46. The Morgan fingerprint density at radius 2 is 2.06 bits per heavy atom. The highest BCUT2D eigenvalue weighted by Crippen LogP contribution is 2.38. The molecule has 2 aromatic heterocycles. The molecule has 4 heterocycles. The van der Waals surface area contributed by atoms with E-state index in [9.17, 15) is 14.7 Å². The molecule has 0 spiro atoms. The second kappa shape index (κ2) is 7.29. The molecule has 166 valence electrons. The molecule has 1 N–H and O–H groups in total. The van der Waals surface area contributed by atoms with E-state index >= 15 is 0 Å². The van der Waals surface area contributed by atoms with Crippen LogP contribution in [0.25, 0.3) is 22.3 Å². The van der Waals surface area contributed by atoms with Crippen molar-refractivity contribution in [1.82, 2.24) is 9.55 Å². The number of hydrogen-bond acceptors (Lipinski definition) is 5.